The molecule has 0 aliphatic carbocycles. The molecule has 0 saturated carbocycles. The number of carbonyl (C=O) groups excluding carboxylic acids is 2. The Bertz CT molecular complexity index is 1550. The summed E-state index contributed by atoms with van der Waals surface area (Å²) in [6.07, 6.45) is 0. The Balaban J connectivity index is 1.60. The summed E-state index contributed by atoms with van der Waals surface area (Å²) in [5.74, 6) is -1.44. The van der Waals surface area contributed by atoms with Crippen molar-refractivity contribution in [1.29, 1.82) is 0 Å². The van der Waals surface area contributed by atoms with Crippen LogP contribution in [0.4, 0.5) is 17.1 Å². The van der Waals surface area contributed by atoms with E-state index in [9.17, 15) is 14.7 Å². The van der Waals surface area contributed by atoms with Gasteiger partial charge in [-0.05, 0) is 67.1 Å². The van der Waals surface area contributed by atoms with Crippen molar-refractivity contribution in [3.63, 3.8) is 0 Å². The Kier molecular flexibility index (Phi) is 6.90. The van der Waals surface area contributed by atoms with Gasteiger partial charge in [-0.2, -0.15) is 0 Å². The molecule has 1 aliphatic heterocycles. The monoisotopic (exact) mass is 524 g/mol. The van der Waals surface area contributed by atoms with Crippen LogP contribution in [-0.4, -0.2) is 23.9 Å². The zero-order valence-electron chi connectivity index (χ0n) is 20.8. The van der Waals surface area contributed by atoms with Crippen LogP contribution in [-0.2, 0) is 9.59 Å². The molecular weight excluding hydrogens is 500 g/mol. The number of ether oxygens (including phenoxy) is 1. The molecule has 38 heavy (non-hydrogen) atoms. The van der Waals surface area contributed by atoms with Crippen LogP contribution in [0.1, 0.15) is 22.7 Å². The lowest BCUT2D eigenvalue weighted by atomic mass is 9.94. The molecule has 7 heteroatoms. The fourth-order valence-corrected chi connectivity index (χ4v) is 4.81. The molecule has 1 atom stereocenters. The molecule has 190 valence electrons. The Morgan fingerprint density at radius 1 is 0.895 bits per heavy atom. The van der Waals surface area contributed by atoms with Crippen LogP contribution in [0.5, 0.6) is 5.75 Å². The summed E-state index contributed by atoms with van der Waals surface area (Å²) in [7, 11) is 1.47. The van der Waals surface area contributed by atoms with Crippen LogP contribution in [0.25, 0.3) is 5.76 Å². The van der Waals surface area contributed by atoms with Crippen molar-refractivity contribution < 1.29 is 19.4 Å². The number of benzene rings is 4. The van der Waals surface area contributed by atoms with Gasteiger partial charge in [0, 0.05) is 22.6 Å². The zero-order valence-corrected chi connectivity index (χ0v) is 21.6. The van der Waals surface area contributed by atoms with Crippen LogP contribution < -0.4 is 15.0 Å². The standard InChI is InChI=1S/C31H25ClN2O4/c1-19-7-6-8-20(17-19)28-27(29(35)21-11-16-25(32)26(18-21)38-2)30(36)31(37)34(28)24-14-12-23(13-15-24)33-22-9-4-3-5-10-22/h3-18,28,33,35H,1-2H3/b29-27-. The van der Waals surface area contributed by atoms with Crippen molar-refractivity contribution in [1.82, 2.24) is 0 Å². The van der Waals surface area contributed by atoms with E-state index in [2.05, 4.69) is 5.32 Å². The summed E-state index contributed by atoms with van der Waals surface area (Å²) in [6.45, 7) is 1.93. The number of methoxy groups -OCH3 is 1. The van der Waals surface area contributed by atoms with Crippen molar-refractivity contribution >= 4 is 46.1 Å². The van der Waals surface area contributed by atoms with Gasteiger partial charge in [0.25, 0.3) is 11.7 Å². The quantitative estimate of drug-likeness (QED) is 0.161. The Hall–Kier alpha value is -4.55. The number of hydrogen-bond donors (Lipinski definition) is 2. The topological polar surface area (TPSA) is 78.9 Å². The highest BCUT2D eigenvalue weighted by Crippen LogP contribution is 2.43. The predicted octanol–water partition coefficient (Wildman–Crippen LogP) is 7.03. The van der Waals surface area contributed by atoms with Gasteiger partial charge in [0.2, 0.25) is 0 Å². The van der Waals surface area contributed by atoms with Gasteiger partial charge in [-0.3, -0.25) is 14.5 Å². The molecule has 1 heterocycles. The summed E-state index contributed by atoms with van der Waals surface area (Å²) in [5, 5.41) is 15.0. The number of rotatable bonds is 6. The fourth-order valence-electron chi connectivity index (χ4n) is 4.61. The third kappa shape index (κ3) is 4.74. The van der Waals surface area contributed by atoms with Gasteiger partial charge in [0.05, 0.1) is 23.7 Å². The van der Waals surface area contributed by atoms with E-state index >= 15 is 0 Å². The number of carbonyl (C=O) groups is 2. The van der Waals surface area contributed by atoms with E-state index in [0.717, 1.165) is 16.9 Å². The van der Waals surface area contributed by atoms with Crippen LogP contribution in [0.15, 0.2) is 103 Å². The zero-order chi connectivity index (χ0) is 26.8. The highest BCUT2D eigenvalue weighted by molar-refractivity contribution is 6.51. The first kappa shape index (κ1) is 25.1. The fraction of sp³-hybridized carbons (Fsp3) is 0.0968. The first-order chi connectivity index (χ1) is 18.4. The number of Topliss-reactive ketones (excluding diaryl/α,β-unsaturated/α-hetero) is 1. The molecule has 1 saturated heterocycles. The summed E-state index contributed by atoms with van der Waals surface area (Å²) in [4.78, 5) is 28.3. The Labute approximate surface area is 225 Å². The number of nitrogens with one attached hydrogen (secondary N) is 1. The summed E-state index contributed by atoms with van der Waals surface area (Å²) >= 11 is 6.16. The van der Waals surface area contributed by atoms with Crippen LogP contribution in [0.2, 0.25) is 5.02 Å². The third-order valence-corrected chi connectivity index (χ3v) is 6.75. The molecule has 2 N–H and O–H groups in total. The highest BCUT2D eigenvalue weighted by atomic mass is 35.5. The SMILES string of the molecule is COc1cc(/C(O)=C2/C(=O)C(=O)N(c3ccc(Nc4ccccc4)cc3)C2c2cccc(C)c2)ccc1Cl. The van der Waals surface area contributed by atoms with Gasteiger partial charge in [-0.15, -0.1) is 0 Å². The maximum absolute atomic E-state index is 13.4. The molecule has 0 radical (unpaired) electrons. The van der Waals surface area contributed by atoms with E-state index in [1.807, 2.05) is 73.7 Å². The second-order valence-corrected chi connectivity index (χ2v) is 9.38. The molecule has 1 amide bonds. The molecule has 4 aromatic rings. The van der Waals surface area contributed by atoms with E-state index in [0.29, 0.717) is 27.6 Å². The van der Waals surface area contributed by atoms with Crippen molar-refractivity contribution in [2.45, 2.75) is 13.0 Å². The highest BCUT2D eigenvalue weighted by Gasteiger charge is 2.47. The molecule has 5 rings (SSSR count). The second-order valence-electron chi connectivity index (χ2n) is 8.97. The van der Waals surface area contributed by atoms with Crippen molar-refractivity contribution in [2.24, 2.45) is 0 Å². The lowest BCUT2D eigenvalue weighted by Crippen LogP contribution is -2.29. The molecule has 0 aromatic heterocycles. The third-order valence-electron chi connectivity index (χ3n) is 6.43. The lowest BCUT2D eigenvalue weighted by Gasteiger charge is -2.26. The maximum atomic E-state index is 13.4. The molecule has 1 fully saturated rings. The number of anilines is 3. The number of nitrogens with zero attached hydrogens (tertiary/aromatic N) is 1. The molecule has 1 unspecified atom stereocenters. The van der Waals surface area contributed by atoms with E-state index < -0.39 is 17.7 Å². The number of aryl methyl sites for hydroxylation is 1. The first-order valence-corrected chi connectivity index (χ1v) is 12.4. The van der Waals surface area contributed by atoms with Crippen LogP contribution in [0, 0.1) is 6.92 Å². The van der Waals surface area contributed by atoms with E-state index in [-0.39, 0.29) is 11.3 Å². The van der Waals surface area contributed by atoms with Gasteiger partial charge in [-0.25, -0.2) is 0 Å². The molecule has 0 bridgehead atoms. The summed E-state index contributed by atoms with van der Waals surface area (Å²) in [6, 6.07) is 28.4. The Morgan fingerprint density at radius 2 is 1.61 bits per heavy atom. The van der Waals surface area contributed by atoms with Gasteiger partial charge in [0.15, 0.2) is 0 Å². The number of para-hydroxylation sites is 1. The molecule has 6 nitrogen and oxygen atoms in total. The number of aliphatic hydroxyl groups excluding tert-OH is 1. The first-order valence-electron chi connectivity index (χ1n) is 12.0. The average molecular weight is 525 g/mol. The molecular formula is C31H25ClN2O4. The van der Waals surface area contributed by atoms with Crippen molar-refractivity contribution in [2.75, 3.05) is 17.3 Å². The van der Waals surface area contributed by atoms with Crippen LogP contribution in [0.3, 0.4) is 0 Å². The van der Waals surface area contributed by atoms with E-state index in [4.69, 9.17) is 16.3 Å². The van der Waals surface area contributed by atoms with Gasteiger partial charge >= 0.3 is 0 Å². The number of halogens is 1. The normalized spacial score (nSPS) is 16.5. The van der Waals surface area contributed by atoms with Gasteiger partial charge in [0.1, 0.15) is 11.5 Å². The average Bonchev–Trinajstić information content (AvgIpc) is 3.19. The number of amides is 1. The van der Waals surface area contributed by atoms with Gasteiger partial charge < -0.3 is 15.2 Å². The summed E-state index contributed by atoms with van der Waals surface area (Å²) in [5.41, 5.74) is 4.28. The molecule has 0 spiro atoms. The van der Waals surface area contributed by atoms with E-state index in [1.54, 1.807) is 30.3 Å². The minimum Gasteiger partial charge on any atom is -0.507 e. The van der Waals surface area contributed by atoms with Crippen molar-refractivity contribution in [3.05, 3.63) is 124 Å². The molecule has 4 aromatic carbocycles. The van der Waals surface area contributed by atoms with Gasteiger partial charge in [-0.1, -0.05) is 59.6 Å². The number of aliphatic hydroxyl groups is 1. The largest absolute Gasteiger partial charge is 0.507 e. The predicted molar refractivity (Wildman–Crippen MR) is 150 cm³/mol. The van der Waals surface area contributed by atoms with E-state index in [1.165, 1.54) is 12.0 Å². The Morgan fingerprint density at radius 3 is 2.29 bits per heavy atom. The second kappa shape index (κ2) is 10.4. The summed E-state index contributed by atoms with van der Waals surface area (Å²) < 4.78 is 5.28. The van der Waals surface area contributed by atoms with Crippen LogP contribution >= 0.6 is 11.6 Å². The lowest BCUT2D eigenvalue weighted by molar-refractivity contribution is -0.132. The minimum absolute atomic E-state index is 0.00328. The van der Waals surface area contributed by atoms with Crippen molar-refractivity contribution in [3.8, 4) is 5.75 Å². The smallest absolute Gasteiger partial charge is 0.300 e. The minimum atomic E-state index is -0.829. The number of ketones is 1. The number of hydrogen-bond acceptors (Lipinski definition) is 5. The maximum Gasteiger partial charge on any atom is 0.300 e. The molecule has 1 aliphatic rings.